The van der Waals surface area contributed by atoms with Crippen LogP contribution in [0.5, 0.6) is 0 Å². The number of carbonyl (C=O) groups is 1. The molecule has 2 fully saturated rings. The number of rotatable bonds is 6. The molecular formula is C18H24N4OS. The lowest BCUT2D eigenvalue weighted by molar-refractivity contribution is -0.122. The molecule has 2 heterocycles. The predicted octanol–water partition coefficient (Wildman–Crippen LogP) is 2.10. The highest BCUT2D eigenvalue weighted by Gasteiger charge is 2.46. The van der Waals surface area contributed by atoms with Crippen molar-refractivity contribution in [2.75, 3.05) is 23.0 Å². The Kier molecular flexibility index (Phi) is 5.97. The monoisotopic (exact) mass is 344 g/mol. The minimum Gasteiger partial charge on any atom is -0.353 e. The van der Waals surface area contributed by atoms with Gasteiger partial charge in [0.05, 0.1) is 5.75 Å². The fourth-order valence-electron chi connectivity index (χ4n) is 3.90. The van der Waals surface area contributed by atoms with Crippen LogP contribution in [0.4, 0.5) is 5.95 Å². The van der Waals surface area contributed by atoms with E-state index >= 15 is 0 Å². The maximum Gasteiger partial charge on any atom is 0.242 e. The van der Waals surface area contributed by atoms with Gasteiger partial charge in [-0.1, -0.05) is 18.8 Å². The molecule has 2 aliphatic rings. The number of aromatic nitrogens is 2. The number of thioether (sulfide) groups is 1. The summed E-state index contributed by atoms with van der Waals surface area (Å²) in [5, 5.41) is 3.07. The second kappa shape index (κ2) is 8.39. The van der Waals surface area contributed by atoms with Crippen LogP contribution in [0.2, 0.25) is 0 Å². The normalized spacial score (nSPS) is 25.8. The van der Waals surface area contributed by atoms with Crippen molar-refractivity contribution in [1.29, 1.82) is 0 Å². The molecule has 3 rings (SSSR count). The first-order chi connectivity index (χ1) is 11.8. The number of hydrogen-bond donors (Lipinski definition) is 1. The van der Waals surface area contributed by atoms with Crippen LogP contribution in [0.1, 0.15) is 32.1 Å². The van der Waals surface area contributed by atoms with E-state index in [2.05, 4.69) is 26.1 Å². The first-order valence-corrected chi connectivity index (χ1v) is 9.81. The molecule has 3 atom stereocenters. The van der Waals surface area contributed by atoms with Crippen molar-refractivity contribution in [3.63, 3.8) is 0 Å². The van der Waals surface area contributed by atoms with Gasteiger partial charge in [0, 0.05) is 30.7 Å². The molecule has 0 aromatic carbocycles. The average molecular weight is 344 g/mol. The second-order valence-electron chi connectivity index (χ2n) is 6.37. The van der Waals surface area contributed by atoms with Crippen LogP contribution in [0.25, 0.3) is 0 Å². The van der Waals surface area contributed by atoms with Crippen LogP contribution >= 0.6 is 11.8 Å². The van der Waals surface area contributed by atoms with Gasteiger partial charge < -0.3 is 10.2 Å². The average Bonchev–Trinajstić information content (AvgIpc) is 3.02. The lowest BCUT2D eigenvalue weighted by atomic mass is 9.85. The van der Waals surface area contributed by atoms with E-state index < -0.39 is 0 Å². The molecule has 1 saturated heterocycles. The molecule has 5 nitrogen and oxygen atoms in total. The summed E-state index contributed by atoms with van der Waals surface area (Å²) in [6.07, 6.45) is 14.5. The van der Waals surface area contributed by atoms with Crippen LogP contribution in [0.3, 0.4) is 0 Å². The van der Waals surface area contributed by atoms with Crippen molar-refractivity contribution in [1.82, 2.24) is 15.3 Å². The molecule has 1 aromatic rings. The molecule has 0 unspecified atom stereocenters. The molecule has 1 saturated carbocycles. The summed E-state index contributed by atoms with van der Waals surface area (Å²) in [5.74, 6) is 5.49. The number of amides is 1. The van der Waals surface area contributed by atoms with E-state index in [4.69, 9.17) is 6.42 Å². The van der Waals surface area contributed by atoms with Gasteiger partial charge in [-0.3, -0.25) is 4.79 Å². The molecule has 1 aliphatic carbocycles. The zero-order chi connectivity index (χ0) is 16.8. The third kappa shape index (κ3) is 3.84. The van der Waals surface area contributed by atoms with E-state index in [1.165, 1.54) is 19.3 Å². The highest BCUT2D eigenvalue weighted by atomic mass is 32.2. The number of nitrogens with one attached hydrogen (secondary N) is 1. The molecule has 128 valence electrons. The highest BCUT2D eigenvalue weighted by Crippen LogP contribution is 2.41. The summed E-state index contributed by atoms with van der Waals surface area (Å²) < 4.78 is 0. The standard InChI is InChI=1S/C18H24N4OS/c1-2-11-24-12-10-19-17(23)16-13-14-6-3-4-7-15(14)22(16)18-20-8-5-9-21-18/h1,5,8-9,14-16H,3-4,6-7,10-13H2,(H,19,23)/t14-,15-,16-/m0/s1. The zero-order valence-electron chi connectivity index (χ0n) is 13.9. The predicted molar refractivity (Wildman–Crippen MR) is 97.8 cm³/mol. The van der Waals surface area contributed by atoms with Crippen molar-refractivity contribution in [2.45, 2.75) is 44.2 Å². The zero-order valence-corrected chi connectivity index (χ0v) is 14.7. The maximum absolute atomic E-state index is 12.7. The SMILES string of the molecule is C#CCSCCNC(=O)[C@@H]1C[C@@H]2CCCC[C@@H]2N1c1ncccn1. The number of hydrogen-bond acceptors (Lipinski definition) is 5. The van der Waals surface area contributed by atoms with Gasteiger partial charge in [-0.25, -0.2) is 9.97 Å². The van der Waals surface area contributed by atoms with Crippen molar-refractivity contribution in [2.24, 2.45) is 5.92 Å². The Hall–Kier alpha value is -1.74. The van der Waals surface area contributed by atoms with Crippen LogP contribution < -0.4 is 10.2 Å². The van der Waals surface area contributed by atoms with Crippen molar-refractivity contribution >= 4 is 23.6 Å². The highest BCUT2D eigenvalue weighted by molar-refractivity contribution is 7.99. The minimum atomic E-state index is -0.155. The second-order valence-corrected chi connectivity index (χ2v) is 7.47. The molecule has 1 aliphatic heterocycles. The van der Waals surface area contributed by atoms with E-state index in [0.29, 0.717) is 30.2 Å². The molecular weight excluding hydrogens is 320 g/mol. The van der Waals surface area contributed by atoms with Gasteiger partial charge in [-0.05, 0) is 31.2 Å². The molecule has 0 spiro atoms. The Morgan fingerprint density at radius 1 is 1.38 bits per heavy atom. The van der Waals surface area contributed by atoms with Crippen molar-refractivity contribution in [3.05, 3.63) is 18.5 Å². The van der Waals surface area contributed by atoms with Crippen LogP contribution in [0, 0.1) is 18.3 Å². The number of carbonyl (C=O) groups excluding carboxylic acids is 1. The minimum absolute atomic E-state index is 0.0955. The number of fused-ring (bicyclic) bond motifs is 1. The smallest absolute Gasteiger partial charge is 0.242 e. The van der Waals surface area contributed by atoms with Gasteiger partial charge in [0.2, 0.25) is 11.9 Å². The maximum atomic E-state index is 12.7. The van der Waals surface area contributed by atoms with E-state index in [1.54, 1.807) is 24.2 Å². The van der Waals surface area contributed by atoms with Crippen LogP contribution in [-0.2, 0) is 4.79 Å². The van der Waals surface area contributed by atoms with Crippen molar-refractivity contribution < 1.29 is 4.79 Å². The summed E-state index contributed by atoms with van der Waals surface area (Å²) in [5.41, 5.74) is 0. The van der Waals surface area contributed by atoms with E-state index in [9.17, 15) is 4.79 Å². The van der Waals surface area contributed by atoms with E-state index in [-0.39, 0.29) is 11.9 Å². The summed E-state index contributed by atoms with van der Waals surface area (Å²) in [6, 6.07) is 2.06. The van der Waals surface area contributed by atoms with Gasteiger partial charge in [-0.2, -0.15) is 0 Å². The largest absolute Gasteiger partial charge is 0.353 e. The molecule has 24 heavy (non-hydrogen) atoms. The molecule has 1 amide bonds. The first-order valence-electron chi connectivity index (χ1n) is 8.65. The molecule has 0 radical (unpaired) electrons. The van der Waals surface area contributed by atoms with Crippen LogP contribution in [0.15, 0.2) is 18.5 Å². The fraction of sp³-hybridized carbons (Fsp3) is 0.611. The van der Waals surface area contributed by atoms with E-state index in [1.807, 2.05) is 6.07 Å². The Labute approximate surface area is 148 Å². The van der Waals surface area contributed by atoms with Crippen LogP contribution in [-0.4, -0.2) is 46.0 Å². The molecule has 6 heteroatoms. The van der Waals surface area contributed by atoms with Gasteiger partial charge >= 0.3 is 0 Å². The topological polar surface area (TPSA) is 58.1 Å². The fourth-order valence-corrected chi connectivity index (χ4v) is 4.41. The molecule has 1 N–H and O–H groups in total. The molecule has 0 bridgehead atoms. The third-order valence-corrected chi connectivity index (χ3v) is 5.77. The van der Waals surface area contributed by atoms with Gasteiger partial charge in [0.1, 0.15) is 6.04 Å². The van der Waals surface area contributed by atoms with Gasteiger partial charge in [-0.15, -0.1) is 18.2 Å². The number of terminal acetylenes is 1. The Morgan fingerprint density at radius 3 is 2.96 bits per heavy atom. The number of nitrogens with zero attached hydrogens (tertiary/aromatic N) is 3. The van der Waals surface area contributed by atoms with Crippen molar-refractivity contribution in [3.8, 4) is 12.3 Å². The lowest BCUT2D eigenvalue weighted by Gasteiger charge is -2.33. The third-order valence-electron chi connectivity index (χ3n) is 4.90. The Bertz CT molecular complexity index is 588. The summed E-state index contributed by atoms with van der Waals surface area (Å²) in [6.45, 7) is 0.653. The van der Waals surface area contributed by atoms with Gasteiger partial charge in [0.25, 0.3) is 0 Å². The summed E-state index contributed by atoms with van der Waals surface area (Å²) in [7, 11) is 0. The first kappa shape index (κ1) is 17.1. The van der Waals surface area contributed by atoms with Gasteiger partial charge in [0.15, 0.2) is 0 Å². The Balaban J connectivity index is 1.68. The Morgan fingerprint density at radius 2 is 2.17 bits per heavy atom. The molecule has 1 aromatic heterocycles. The summed E-state index contributed by atoms with van der Waals surface area (Å²) in [4.78, 5) is 23.7. The summed E-state index contributed by atoms with van der Waals surface area (Å²) >= 11 is 1.67. The quantitative estimate of drug-likeness (QED) is 0.633. The number of anilines is 1. The van der Waals surface area contributed by atoms with E-state index in [0.717, 1.165) is 18.6 Å². The lowest BCUT2D eigenvalue weighted by Crippen LogP contribution is -2.48.